The van der Waals surface area contributed by atoms with E-state index in [0.29, 0.717) is 6.54 Å². The van der Waals surface area contributed by atoms with Crippen molar-refractivity contribution in [3.8, 4) is 0 Å². The number of benzene rings is 1. The quantitative estimate of drug-likeness (QED) is 0.771. The molecule has 0 heterocycles. The Morgan fingerprint density at radius 2 is 2.07 bits per heavy atom. The molecule has 0 bridgehead atoms. The largest absolute Gasteiger partial charge is 0.395 e. The molecule has 0 spiro atoms. The smallest absolute Gasteiger partial charge is 0.0606 e. The molecule has 1 aromatic rings. The number of aliphatic hydroxyl groups excluding tert-OH is 1. The van der Waals surface area contributed by atoms with Crippen molar-refractivity contribution in [1.29, 1.82) is 0 Å². The molecule has 0 saturated heterocycles. The highest BCUT2D eigenvalue weighted by Gasteiger charge is 2.10. The van der Waals surface area contributed by atoms with Gasteiger partial charge in [-0.15, -0.1) is 0 Å². The maximum absolute atomic E-state index is 8.99. The number of hydrogen-bond donors (Lipinski definition) is 2. The predicted octanol–water partition coefficient (Wildman–Crippen LogP) is 1.52. The van der Waals surface area contributed by atoms with Crippen molar-refractivity contribution >= 4 is 5.69 Å². The molecule has 84 valence electrons. The average molecular weight is 208 g/mol. The maximum Gasteiger partial charge on any atom is 0.0606 e. The number of aliphatic hydroxyl groups is 1. The van der Waals surface area contributed by atoms with E-state index in [0.717, 1.165) is 17.8 Å². The van der Waals surface area contributed by atoms with Crippen LogP contribution in [0.25, 0.3) is 0 Å². The Labute approximate surface area is 91.5 Å². The van der Waals surface area contributed by atoms with Crippen LogP contribution in [-0.2, 0) is 0 Å². The van der Waals surface area contributed by atoms with E-state index in [1.54, 1.807) is 0 Å². The van der Waals surface area contributed by atoms with E-state index < -0.39 is 0 Å². The Kier molecular flexibility index (Phi) is 4.59. The molecule has 0 amide bonds. The lowest BCUT2D eigenvalue weighted by atomic mass is 10.1. The Balaban J connectivity index is 2.99. The molecule has 1 atom stereocenters. The summed E-state index contributed by atoms with van der Waals surface area (Å²) in [6.45, 7) is 5.75. The fourth-order valence-electron chi connectivity index (χ4n) is 1.73. The molecule has 1 aromatic carbocycles. The van der Waals surface area contributed by atoms with Gasteiger partial charge in [-0.3, -0.25) is 0 Å². The molecule has 0 aliphatic carbocycles. The van der Waals surface area contributed by atoms with Gasteiger partial charge in [-0.05, 0) is 25.5 Å². The van der Waals surface area contributed by atoms with Crippen LogP contribution in [0.15, 0.2) is 24.3 Å². The molecule has 15 heavy (non-hydrogen) atoms. The van der Waals surface area contributed by atoms with Crippen LogP contribution in [0.3, 0.4) is 0 Å². The van der Waals surface area contributed by atoms with Crippen LogP contribution in [0, 0.1) is 0 Å². The third-order valence-corrected chi connectivity index (χ3v) is 2.52. The van der Waals surface area contributed by atoms with Crippen molar-refractivity contribution in [2.24, 2.45) is 5.73 Å². The van der Waals surface area contributed by atoms with Gasteiger partial charge < -0.3 is 15.7 Å². The summed E-state index contributed by atoms with van der Waals surface area (Å²) in [6, 6.07) is 8.11. The molecular weight excluding hydrogens is 188 g/mol. The normalized spacial score (nSPS) is 12.5. The van der Waals surface area contributed by atoms with Crippen molar-refractivity contribution in [2.75, 3.05) is 24.6 Å². The van der Waals surface area contributed by atoms with Crippen molar-refractivity contribution in [3.05, 3.63) is 29.8 Å². The minimum Gasteiger partial charge on any atom is -0.395 e. The van der Waals surface area contributed by atoms with Gasteiger partial charge in [0.05, 0.1) is 6.61 Å². The van der Waals surface area contributed by atoms with E-state index in [2.05, 4.69) is 17.9 Å². The minimum absolute atomic E-state index is 0.0222. The minimum atomic E-state index is 0.0222. The first-order chi connectivity index (χ1) is 7.20. The van der Waals surface area contributed by atoms with Crippen molar-refractivity contribution in [3.63, 3.8) is 0 Å². The van der Waals surface area contributed by atoms with E-state index in [4.69, 9.17) is 10.8 Å². The maximum atomic E-state index is 8.99. The summed E-state index contributed by atoms with van der Waals surface area (Å²) in [5, 5.41) is 8.99. The van der Waals surface area contributed by atoms with Gasteiger partial charge in [0.1, 0.15) is 0 Å². The molecule has 0 fully saturated rings. The SMILES string of the molecule is CCN(CCO)c1ccccc1C(C)N. The molecule has 3 N–H and O–H groups in total. The fraction of sp³-hybridized carbons (Fsp3) is 0.500. The molecule has 0 aromatic heterocycles. The second kappa shape index (κ2) is 5.73. The average Bonchev–Trinajstić information content (AvgIpc) is 2.26. The van der Waals surface area contributed by atoms with Crippen LogP contribution in [0.4, 0.5) is 5.69 Å². The number of nitrogens with two attached hydrogens (primary N) is 1. The monoisotopic (exact) mass is 208 g/mol. The Morgan fingerprint density at radius 3 is 2.60 bits per heavy atom. The second-order valence-corrected chi connectivity index (χ2v) is 3.65. The Bertz CT molecular complexity index is 299. The van der Waals surface area contributed by atoms with Gasteiger partial charge in [-0.1, -0.05) is 18.2 Å². The summed E-state index contributed by atoms with van der Waals surface area (Å²) in [5.41, 5.74) is 8.17. The van der Waals surface area contributed by atoms with Crippen molar-refractivity contribution < 1.29 is 5.11 Å². The summed E-state index contributed by atoms with van der Waals surface area (Å²) < 4.78 is 0. The van der Waals surface area contributed by atoms with Gasteiger partial charge in [-0.25, -0.2) is 0 Å². The number of anilines is 1. The summed E-state index contributed by atoms with van der Waals surface area (Å²) in [5.74, 6) is 0. The number of nitrogens with zero attached hydrogens (tertiary/aromatic N) is 1. The molecule has 1 rings (SSSR count). The van der Waals surface area contributed by atoms with E-state index in [9.17, 15) is 0 Å². The number of para-hydroxylation sites is 1. The molecule has 3 heteroatoms. The van der Waals surface area contributed by atoms with Crippen LogP contribution in [0.5, 0.6) is 0 Å². The fourth-order valence-corrected chi connectivity index (χ4v) is 1.73. The first-order valence-electron chi connectivity index (χ1n) is 5.41. The molecule has 1 unspecified atom stereocenters. The molecular formula is C12H20N2O. The zero-order valence-corrected chi connectivity index (χ0v) is 9.48. The van der Waals surface area contributed by atoms with Gasteiger partial charge in [0.25, 0.3) is 0 Å². The molecule has 0 radical (unpaired) electrons. The van der Waals surface area contributed by atoms with E-state index in [1.807, 2.05) is 25.1 Å². The number of likely N-dealkylation sites (N-methyl/N-ethyl adjacent to an activating group) is 1. The van der Waals surface area contributed by atoms with Gasteiger partial charge in [0, 0.05) is 24.8 Å². The lowest BCUT2D eigenvalue weighted by molar-refractivity contribution is 0.302. The molecule has 0 aliphatic heterocycles. The van der Waals surface area contributed by atoms with E-state index in [-0.39, 0.29) is 12.6 Å². The van der Waals surface area contributed by atoms with Crippen LogP contribution >= 0.6 is 0 Å². The summed E-state index contributed by atoms with van der Waals surface area (Å²) in [6.07, 6.45) is 0. The lowest BCUT2D eigenvalue weighted by Crippen LogP contribution is -2.28. The number of hydrogen-bond acceptors (Lipinski definition) is 3. The first kappa shape index (κ1) is 12.0. The van der Waals surface area contributed by atoms with E-state index in [1.165, 1.54) is 0 Å². The van der Waals surface area contributed by atoms with Gasteiger partial charge >= 0.3 is 0 Å². The zero-order valence-electron chi connectivity index (χ0n) is 9.48. The zero-order chi connectivity index (χ0) is 11.3. The highest BCUT2D eigenvalue weighted by molar-refractivity contribution is 5.54. The molecule has 3 nitrogen and oxygen atoms in total. The van der Waals surface area contributed by atoms with E-state index >= 15 is 0 Å². The standard InChI is InChI=1S/C12H20N2O/c1-3-14(8-9-15)12-7-5-4-6-11(12)10(2)13/h4-7,10,15H,3,8-9,13H2,1-2H3. The predicted molar refractivity (Wildman–Crippen MR) is 64.0 cm³/mol. The Morgan fingerprint density at radius 1 is 1.40 bits per heavy atom. The van der Waals surface area contributed by atoms with Crippen LogP contribution < -0.4 is 10.6 Å². The summed E-state index contributed by atoms with van der Waals surface area (Å²) >= 11 is 0. The van der Waals surface area contributed by atoms with Crippen LogP contribution in [-0.4, -0.2) is 24.8 Å². The van der Waals surface area contributed by atoms with Crippen LogP contribution in [0.1, 0.15) is 25.5 Å². The lowest BCUT2D eigenvalue weighted by Gasteiger charge is -2.26. The van der Waals surface area contributed by atoms with Crippen molar-refractivity contribution in [2.45, 2.75) is 19.9 Å². The third kappa shape index (κ3) is 2.94. The third-order valence-electron chi connectivity index (χ3n) is 2.52. The van der Waals surface area contributed by atoms with Crippen LogP contribution in [0.2, 0.25) is 0 Å². The van der Waals surface area contributed by atoms with Gasteiger partial charge in [0.2, 0.25) is 0 Å². The topological polar surface area (TPSA) is 49.5 Å². The molecule has 0 aliphatic rings. The Hall–Kier alpha value is -1.06. The number of rotatable bonds is 5. The highest BCUT2D eigenvalue weighted by Crippen LogP contribution is 2.24. The van der Waals surface area contributed by atoms with Gasteiger partial charge in [0.15, 0.2) is 0 Å². The van der Waals surface area contributed by atoms with Crippen molar-refractivity contribution in [1.82, 2.24) is 0 Å². The first-order valence-corrected chi connectivity index (χ1v) is 5.41. The van der Waals surface area contributed by atoms with Gasteiger partial charge in [-0.2, -0.15) is 0 Å². The highest BCUT2D eigenvalue weighted by atomic mass is 16.3. The molecule has 0 saturated carbocycles. The summed E-state index contributed by atoms with van der Waals surface area (Å²) in [4.78, 5) is 2.14. The second-order valence-electron chi connectivity index (χ2n) is 3.65. The summed E-state index contributed by atoms with van der Waals surface area (Å²) in [7, 11) is 0.